The van der Waals surface area contributed by atoms with Crippen LogP contribution in [0.3, 0.4) is 0 Å². The van der Waals surface area contributed by atoms with E-state index in [0.29, 0.717) is 0 Å². The van der Waals surface area contributed by atoms with Gasteiger partial charge in [-0.2, -0.15) is 0 Å². The Morgan fingerprint density at radius 3 is 0.992 bits per heavy atom. The van der Waals surface area contributed by atoms with Crippen molar-refractivity contribution in [2.45, 2.75) is 0 Å². The van der Waals surface area contributed by atoms with E-state index in [4.69, 9.17) is 9.97 Å². The van der Waals surface area contributed by atoms with Crippen LogP contribution in [-0.4, -0.2) is 33.6 Å². The average molecular weight is 1700 g/mol. The molecule has 5 aromatic heterocycles. The van der Waals surface area contributed by atoms with Gasteiger partial charge in [-0.15, -0.1) is 0 Å². The van der Waals surface area contributed by atoms with Gasteiger partial charge < -0.3 is 14.0 Å². The van der Waals surface area contributed by atoms with Gasteiger partial charge in [0.15, 0.2) is 5.82 Å². The van der Waals surface area contributed by atoms with Gasteiger partial charge in [0, 0.05) is 103 Å². The van der Waals surface area contributed by atoms with E-state index in [9.17, 15) is 0 Å². The van der Waals surface area contributed by atoms with E-state index in [2.05, 4.69) is 442 Å². The van der Waals surface area contributed by atoms with Crippen LogP contribution < -0.4 is 4.90 Å². The molecular weight excluding hydrogens is 1610 g/mol. The van der Waals surface area contributed by atoms with Crippen LogP contribution in [0.5, 0.6) is 0 Å². The largest absolute Gasteiger partial charge is 0.350 e. The first-order valence-electron chi connectivity index (χ1n) is 45.3. The van der Waals surface area contributed by atoms with E-state index in [1.54, 1.807) is 6.33 Å². The van der Waals surface area contributed by atoms with E-state index < -0.39 is 0 Å². The summed E-state index contributed by atoms with van der Waals surface area (Å²) in [6.07, 6.45) is 8.52. The molecule has 0 bridgehead atoms. The molecule has 8 nitrogen and oxygen atoms in total. The highest BCUT2D eigenvalue weighted by molar-refractivity contribution is 6.19. The Labute approximate surface area is 769 Å². The quantitative estimate of drug-likeness (QED) is 0.152. The summed E-state index contributed by atoms with van der Waals surface area (Å²) in [7, 11) is 2.14. The van der Waals surface area contributed by atoms with Crippen molar-refractivity contribution < 1.29 is 0 Å². The molecule has 3 aliphatic carbocycles. The van der Waals surface area contributed by atoms with Crippen LogP contribution in [0.2, 0.25) is 0 Å². The van der Waals surface area contributed by atoms with Gasteiger partial charge in [-0.3, -0.25) is 4.57 Å². The van der Waals surface area contributed by atoms with Crippen molar-refractivity contribution in [1.29, 1.82) is 0 Å². The van der Waals surface area contributed by atoms with Crippen molar-refractivity contribution in [2.75, 3.05) is 4.90 Å². The van der Waals surface area contributed by atoms with Gasteiger partial charge in [0.25, 0.3) is 0 Å². The van der Waals surface area contributed by atoms with E-state index >= 15 is 0 Å². The van der Waals surface area contributed by atoms with Gasteiger partial charge in [0.2, 0.25) is 0 Å². The topological polar surface area (TPSA) is 69.6 Å². The fraction of sp³-hybridized carbons (Fsp3) is 0.00800. The Kier molecular flexibility index (Phi) is 19.0. The molecule has 0 spiro atoms. The van der Waals surface area contributed by atoms with E-state index in [-0.39, 0.29) is 0 Å². The number of aryl methyl sites for hydroxylation is 1. The second-order valence-corrected chi connectivity index (χ2v) is 34.4. The van der Waals surface area contributed by atoms with Gasteiger partial charge in [-0.05, 0) is 248 Å². The van der Waals surface area contributed by atoms with Gasteiger partial charge in [-0.25, -0.2) is 19.9 Å². The molecular formula is C125H82N8. The first-order valence-corrected chi connectivity index (χ1v) is 45.3. The highest BCUT2D eigenvalue weighted by Crippen LogP contribution is 2.54. The van der Waals surface area contributed by atoms with Crippen LogP contribution in [0.4, 0.5) is 17.1 Å². The zero-order valence-corrected chi connectivity index (χ0v) is 72.7. The lowest BCUT2D eigenvalue weighted by Gasteiger charge is -2.25. The fourth-order valence-corrected chi connectivity index (χ4v) is 20.6. The molecule has 0 saturated heterocycles. The Morgan fingerprint density at radius 1 is 0.211 bits per heavy atom. The standard InChI is InChI=1S/C48H32N2.C38H23N3.C25H17N.C14H10N2/c1-3-14-38(15-4-1)50(39-16-5-2-6-17-39)40-28-24-34(25-29-40)33-22-26-37(27-23-33)49-32-46-45-31-36-13-8-7-12-35(36)30-44(45)42-19-10-9-18-41(42)43-20-11-21-47(49)48(43)46;1-2-11-24(12-3-1)37-38(40-34-19-9-8-18-33(34)39-37)41-23-32-31-22-26-14-5-4-13-25(26)21-30(31)28-16-7-6-15-27(28)29-17-10-20-35(41)36(29)32;1-26-15-23-22-14-17-8-3-2-7-16(17)13-21(22)19-10-5-4-9-18(19)20-11-6-12-24(26)25(20)23;1-2-6-11(7-3-1)14-12-8-4-5-9-13(12)15-10-16-14/h1-32H;1-23H;2-15H,1H3;1-10H. The summed E-state index contributed by atoms with van der Waals surface area (Å²) in [5.74, 6) is 0.833. The summed E-state index contributed by atoms with van der Waals surface area (Å²) in [5.41, 5.74) is 40.4. The van der Waals surface area contributed by atoms with Crippen LogP contribution in [-0.2, 0) is 7.05 Å². The van der Waals surface area contributed by atoms with Gasteiger partial charge in [0.05, 0.1) is 33.3 Å². The van der Waals surface area contributed by atoms with Crippen molar-refractivity contribution in [3.8, 4) is 145 Å². The van der Waals surface area contributed by atoms with Crippen LogP contribution in [0.1, 0.15) is 0 Å². The van der Waals surface area contributed by atoms with Gasteiger partial charge in [0.1, 0.15) is 12.0 Å². The molecule has 0 N–H and O–H groups in total. The lowest BCUT2D eigenvalue weighted by Crippen LogP contribution is -2.09. The zero-order valence-electron chi connectivity index (χ0n) is 72.7. The molecule has 5 heterocycles. The number of anilines is 3. The SMILES string of the molecule is Cn1cc2c3c(cccc31)-c1ccccc1-c1cc3ccccc3cc1-2.c1ccc(-c2nc3ccccc3nc2-n2cc3c4c(cccc42)-c2ccccc2-c2cc4ccccc4cc2-3)cc1.c1ccc(-c2ncnc3ccccc23)cc1.c1ccc(N(c2ccccc2)c2ccc(-c3ccc(-n4cc5c6c(cccc64)-c4ccccc4-c4cc6ccccc6cc4-5)cc3)cc2)cc1. The number of hydrogen-bond acceptors (Lipinski definition) is 5. The molecule has 0 amide bonds. The summed E-state index contributed by atoms with van der Waals surface area (Å²) < 4.78 is 6.87. The van der Waals surface area contributed by atoms with Crippen LogP contribution in [0.15, 0.2) is 480 Å². The maximum absolute atomic E-state index is 5.24. The van der Waals surface area contributed by atoms with E-state index in [1.807, 2.05) is 66.7 Å². The minimum Gasteiger partial charge on any atom is -0.350 e. The minimum absolute atomic E-state index is 0.833. The molecule has 0 atom stereocenters. The summed E-state index contributed by atoms with van der Waals surface area (Å²) in [6, 6.07) is 162. The predicted molar refractivity (Wildman–Crippen MR) is 555 cm³/mol. The summed E-state index contributed by atoms with van der Waals surface area (Å²) in [6.45, 7) is 0. The second-order valence-electron chi connectivity index (χ2n) is 34.4. The molecule has 20 aromatic carbocycles. The van der Waals surface area contributed by atoms with Crippen molar-refractivity contribution in [3.05, 3.63) is 480 Å². The Morgan fingerprint density at radius 2 is 0.534 bits per heavy atom. The third-order valence-corrected chi connectivity index (χ3v) is 26.8. The first-order chi connectivity index (χ1) is 65.9. The zero-order chi connectivity index (χ0) is 88.0. The highest BCUT2D eigenvalue weighted by atomic mass is 15.1. The van der Waals surface area contributed by atoms with Crippen molar-refractivity contribution in [2.24, 2.45) is 7.05 Å². The summed E-state index contributed by atoms with van der Waals surface area (Å²) in [5, 5.41) is 12.6. The number of benzene rings is 20. The predicted octanol–water partition coefficient (Wildman–Crippen LogP) is 32.9. The molecule has 622 valence electrons. The molecule has 0 aliphatic heterocycles. The van der Waals surface area contributed by atoms with Gasteiger partial charge in [-0.1, -0.05) is 334 Å². The van der Waals surface area contributed by atoms with E-state index in [1.165, 1.54) is 171 Å². The number of aromatic nitrogens is 7. The smallest absolute Gasteiger partial charge is 0.164 e. The maximum atomic E-state index is 5.24. The van der Waals surface area contributed by atoms with E-state index in [0.717, 1.165) is 78.5 Å². The third kappa shape index (κ3) is 13.5. The van der Waals surface area contributed by atoms with Gasteiger partial charge >= 0.3 is 0 Å². The maximum Gasteiger partial charge on any atom is 0.164 e. The Balaban J connectivity index is 0.000000102. The number of rotatable bonds is 8. The molecule has 0 fully saturated rings. The number of fused-ring (bicyclic) bond motifs is 20. The second kappa shape index (κ2) is 32.5. The highest BCUT2D eigenvalue weighted by Gasteiger charge is 2.30. The number of para-hydroxylation sites is 5. The monoisotopic (exact) mass is 1690 g/mol. The summed E-state index contributed by atoms with van der Waals surface area (Å²) >= 11 is 0. The molecule has 28 rings (SSSR count). The lowest BCUT2D eigenvalue weighted by molar-refractivity contribution is 0.970. The molecule has 0 saturated carbocycles. The van der Waals surface area contributed by atoms with Crippen LogP contribution in [0.25, 0.3) is 232 Å². The van der Waals surface area contributed by atoms with Crippen molar-refractivity contribution in [3.63, 3.8) is 0 Å². The van der Waals surface area contributed by atoms with Crippen LogP contribution >= 0.6 is 0 Å². The molecule has 133 heavy (non-hydrogen) atoms. The molecule has 8 heteroatoms. The Hall–Kier alpha value is -17.7. The normalized spacial score (nSPS) is 11.6. The minimum atomic E-state index is 0.833. The summed E-state index contributed by atoms with van der Waals surface area (Å²) in [4.78, 5) is 21.3. The molecule has 0 unspecified atom stereocenters. The number of hydrogen-bond donors (Lipinski definition) is 0. The molecule has 3 aliphatic rings. The molecule has 25 aromatic rings. The number of nitrogens with zero attached hydrogens (tertiary/aromatic N) is 8. The Bertz CT molecular complexity index is 8830. The van der Waals surface area contributed by atoms with Crippen molar-refractivity contribution in [1.82, 2.24) is 33.6 Å². The first kappa shape index (κ1) is 77.6. The average Bonchev–Trinajstić information content (AvgIpc) is 1.62. The molecule has 0 radical (unpaired) electrons. The van der Waals surface area contributed by atoms with Crippen LogP contribution in [0, 0.1) is 0 Å². The third-order valence-electron chi connectivity index (χ3n) is 26.8. The lowest BCUT2D eigenvalue weighted by atomic mass is 9.91. The van der Waals surface area contributed by atoms with Crippen molar-refractivity contribution >= 4 is 104 Å². The fourth-order valence-electron chi connectivity index (χ4n) is 20.6.